The smallest absolute Gasteiger partial charge is 0.233 e. The zero-order chi connectivity index (χ0) is 23.2. The molecule has 1 unspecified atom stereocenters. The van der Waals surface area contributed by atoms with Crippen LogP contribution in [0.15, 0.2) is 29.4 Å². The first-order chi connectivity index (χ1) is 15.9. The number of nitrogens with one attached hydrogen (secondary N) is 1. The van der Waals surface area contributed by atoms with E-state index in [2.05, 4.69) is 58.5 Å². The van der Waals surface area contributed by atoms with Crippen molar-refractivity contribution in [1.82, 2.24) is 20.1 Å². The summed E-state index contributed by atoms with van der Waals surface area (Å²) in [5, 5.41) is 13.0. The average Bonchev–Trinajstić information content (AvgIpc) is 3.14. The van der Waals surface area contributed by atoms with Crippen LogP contribution in [0.2, 0.25) is 0 Å². The number of nitrogens with zero attached hydrogens (tertiary/aromatic N) is 4. The molecule has 4 fully saturated rings. The van der Waals surface area contributed by atoms with Gasteiger partial charge in [0.2, 0.25) is 5.91 Å². The third kappa shape index (κ3) is 4.41. The second kappa shape index (κ2) is 8.97. The van der Waals surface area contributed by atoms with Crippen molar-refractivity contribution in [3.8, 4) is 11.4 Å². The highest BCUT2D eigenvalue weighted by Crippen LogP contribution is 2.55. The van der Waals surface area contributed by atoms with E-state index in [1.54, 1.807) is 0 Å². The molecule has 0 radical (unpaired) electrons. The highest BCUT2D eigenvalue weighted by atomic mass is 32.2. The van der Waals surface area contributed by atoms with E-state index >= 15 is 0 Å². The third-order valence-corrected chi connectivity index (χ3v) is 9.30. The summed E-state index contributed by atoms with van der Waals surface area (Å²) in [6.45, 7) is 8.32. The average molecular weight is 468 g/mol. The quantitative estimate of drug-likeness (QED) is 0.560. The van der Waals surface area contributed by atoms with Crippen LogP contribution in [0.4, 0.5) is 5.69 Å². The number of carbonyl (C=O) groups excluding carboxylic acids is 1. The molecule has 4 aliphatic rings. The van der Waals surface area contributed by atoms with E-state index in [9.17, 15) is 4.79 Å². The molecule has 4 saturated carbocycles. The molecule has 178 valence electrons. The molecule has 1 aromatic heterocycles. The van der Waals surface area contributed by atoms with Gasteiger partial charge in [0.15, 0.2) is 11.0 Å². The molecule has 0 saturated heterocycles. The Morgan fingerprint density at radius 1 is 1.09 bits per heavy atom. The lowest BCUT2D eigenvalue weighted by molar-refractivity contribution is -0.126. The van der Waals surface area contributed by atoms with E-state index in [0.717, 1.165) is 47.4 Å². The van der Waals surface area contributed by atoms with Gasteiger partial charge in [-0.05, 0) is 101 Å². The Balaban J connectivity index is 1.24. The molecule has 6 nitrogen and oxygen atoms in total. The van der Waals surface area contributed by atoms with Crippen molar-refractivity contribution in [2.75, 3.05) is 18.0 Å². The van der Waals surface area contributed by atoms with Crippen LogP contribution < -0.4 is 10.2 Å². The molecule has 4 bridgehead atoms. The van der Waals surface area contributed by atoms with E-state index in [1.807, 2.05) is 18.5 Å². The number of aromatic nitrogens is 3. The number of thioether (sulfide) groups is 1. The van der Waals surface area contributed by atoms with Crippen LogP contribution in [0.1, 0.15) is 59.3 Å². The normalized spacial score (nSPS) is 28.7. The lowest BCUT2D eigenvalue weighted by Gasteiger charge is -2.57. The summed E-state index contributed by atoms with van der Waals surface area (Å²) in [6, 6.07) is 8.50. The molecule has 0 spiro atoms. The molecule has 4 aliphatic carbocycles. The molecule has 1 aromatic carbocycles. The van der Waals surface area contributed by atoms with Gasteiger partial charge in [-0.25, -0.2) is 0 Å². The number of benzene rings is 1. The molecule has 2 aromatic rings. The van der Waals surface area contributed by atoms with E-state index in [1.165, 1.54) is 56.0 Å². The predicted octanol–water partition coefficient (Wildman–Crippen LogP) is 4.89. The van der Waals surface area contributed by atoms with Crippen molar-refractivity contribution in [3.05, 3.63) is 24.3 Å². The number of anilines is 1. The number of rotatable bonds is 8. The lowest BCUT2D eigenvalue weighted by atomic mass is 9.53. The van der Waals surface area contributed by atoms with Gasteiger partial charge in [-0.1, -0.05) is 11.8 Å². The van der Waals surface area contributed by atoms with E-state index in [-0.39, 0.29) is 16.7 Å². The zero-order valence-corrected chi connectivity index (χ0v) is 21.2. The van der Waals surface area contributed by atoms with Crippen molar-refractivity contribution in [1.29, 1.82) is 0 Å². The van der Waals surface area contributed by atoms with Gasteiger partial charge in [0.1, 0.15) is 0 Å². The molecular formula is C26H37N5OS. The number of amides is 1. The fraction of sp³-hybridized carbons (Fsp3) is 0.654. The first-order valence-electron chi connectivity index (χ1n) is 12.6. The SMILES string of the molecule is CCN(CC)c1ccc(-c2nnc(SC(C)C(=O)NC34CC5CC(CC(C5)C3)C4)n2C)cc1. The fourth-order valence-electron chi connectivity index (χ4n) is 6.92. The summed E-state index contributed by atoms with van der Waals surface area (Å²) in [4.78, 5) is 15.5. The Bertz CT molecular complexity index is 961. The summed E-state index contributed by atoms with van der Waals surface area (Å²) in [5.41, 5.74) is 2.31. The fourth-order valence-corrected chi connectivity index (χ4v) is 7.73. The molecule has 33 heavy (non-hydrogen) atoms. The van der Waals surface area contributed by atoms with Crippen molar-refractivity contribution in [2.45, 2.75) is 75.2 Å². The van der Waals surface area contributed by atoms with Crippen LogP contribution in [0, 0.1) is 17.8 Å². The minimum absolute atomic E-state index is 0.0539. The van der Waals surface area contributed by atoms with E-state index in [4.69, 9.17) is 0 Å². The monoisotopic (exact) mass is 467 g/mol. The Morgan fingerprint density at radius 2 is 1.67 bits per heavy atom. The lowest BCUT2D eigenvalue weighted by Crippen LogP contribution is -2.60. The summed E-state index contributed by atoms with van der Waals surface area (Å²) in [6.07, 6.45) is 7.70. The minimum atomic E-state index is -0.196. The van der Waals surface area contributed by atoms with Gasteiger partial charge in [-0.3, -0.25) is 4.79 Å². The maximum Gasteiger partial charge on any atom is 0.233 e. The first kappa shape index (κ1) is 22.8. The Labute approximate surface area is 201 Å². The number of hydrogen-bond acceptors (Lipinski definition) is 5. The van der Waals surface area contributed by atoms with Gasteiger partial charge < -0.3 is 14.8 Å². The highest BCUT2D eigenvalue weighted by Gasteiger charge is 2.51. The minimum Gasteiger partial charge on any atom is -0.372 e. The van der Waals surface area contributed by atoms with Crippen LogP contribution in [0.3, 0.4) is 0 Å². The van der Waals surface area contributed by atoms with Crippen molar-refractivity contribution >= 4 is 23.4 Å². The van der Waals surface area contributed by atoms with Gasteiger partial charge in [0.05, 0.1) is 5.25 Å². The molecule has 1 atom stereocenters. The topological polar surface area (TPSA) is 63.1 Å². The molecule has 6 rings (SSSR count). The van der Waals surface area contributed by atoms with Gasteiger partial charge in [0.25, 0.3) is 0 Å². The molecule has 1 amide bonds. The molecule has 1 heterocycles. The Morgan fingerprint density at radius 3 is 2.21 bits per heavy atom. The predicted molar refractivity (Wildman–Crippen MR) is 134 cm³/mol. The second-order valence-corrected chi connectivity index (χ2v) is 11.8. The molecule has 0 aliphatic heterocycles. The molecule has 7 heteroatoms. The van der Waals surface area contributed by atoms with E-state index in [0.29, 0.717) is 0 Å². The summed E-state index contributed by atoms with van der Waals surface area (Å²) >= 11 is 1.51. The Hall–Kier alpha value is -2.02. The van der Waals surface area contributed by atoms with E-state index < -0.39 is 0 Å². The Kier molecular flexibility index (Phi) is 6.19. The van der Waals surface area contributed by atoms with Gasteiger partial charge in [-0.2, -0.15) is 0 Å². The zero-order valence-electron chi connectivity index (χ0n) is 20.4. The van der Waals surface area contributed by atoms with Gasteiger partial charge >= 0.3 is 0 Å². The van der Waals surface area contributed by atoms with Crippen molar-refractivity contribution in [2.24, 2.45) is 24.8 Å². The van der Waals surface area contributed by atoms with Crippen LogP contribution in [0.25, 0.3) is 11.4 Å². The molecule has 1 N–H and O–H groups in total. The third-order valence-electron chi connectivity index (χ3n) is 8.17. The first-order valence-corrected chi connectivity index (χ1v) is 13.5. The molecular weight excluding hydrogens is 430 g/mol. The summed E-state index contributed by atoms with van der Waals surface area (Å²) < 4.78 is 2.01. The summed E-state index contributed by atoms with van der Waals surface area (Å²) in [5.74, 6) is 3.46. The van der Waals surface area contributed by atoms with Crippen LogP contribution in [0.5, 0.6) is 0 Å². The second-order valence-electron chi connectivity index (χ2n) is 10.5. The van der Waals surface area contributed by atoms with Crippen LogP contribution in [-0.4, -0.2) is 44.6 Å². The number of carbonyl (C=O) groups is 1. The van der Waals surface area contributed by atoms with Gasteiger partial charge in [-0.15, -0.1) is 10.2 Å². The number of hydrogen-bond donors (Lipinski definition) is 1. The maximum atomic E-state index is 13.2. The van der Waals surface area contributed by atoms with Crippen molar-refractivity contribution in [3.63, 3.8) is 0 Å². The maximum absolute atomic E-state index is 13.2. The standard InChI is InChI=1S/C26H37N5OS/c1-5-31(6-2)22-9-7-21(8-10-22)23-28-29-25(30(23)4)33-17(3)24(32)27-26-14-18-11-19(15-26)13-20(12-18)16-26/h7-10,17-20H,5-6,11-16H2,1-4H3,(H,27,32). The van der Waals surface area contributed by atoms with Crippen molar-refractivity contribution < 1.29 is 4.79 Å². The van der Waals surface area contributed by atoms with Crippen LogP contribution >= 0.6 is 11.8 Å². The van der Waals surface area contributed by atoms with Crippen LogP contribution in [-0.2, 0) is 11.8 Å². The largest absolute Gasteiger partial charge is 0.372 e. The van der Waals surface area contributed by atoms with Gasteiger partial charge in [0, 0.05) is 36.9 Å². The highest BCUT2D eigenvalue weighted by molar-refractivity contribution is 8.00. The summed E-state index contributed by atoms with van der Waals surface area (Å²) in [7, 11) is 1.99.